The topological polar surface area (TPSA) is 65.0 Å². The Morgan fingerprint density at radius 1 is 0.886 bits per heavy atom. The molecule has 1 aliphatic rings. The van der Waals surface area contributed by atoms with Crippen molar-refractivity contribution < 1.29 is 24.1 Å². The molecule has 5 heteroatoms. The van der Waals surface area contributed by atoms with E-state index in [0.29, 0.717) is 19.6 Å². The van der Waals surface area contributed by atoms with E-state index < -0.39 is 12.1 Å². The van der Waals surface area contributed by atoms with Crippen LogP contribution in [-0.2, 0) is 16.0 Å². The molecule has 0 fully saturated rings. The number of aliphatic carboxylic acids is 1. The number of carboxylic acids is 1. The first-order valence-electron chi connectivity index (χ1n) is 12.5. The quantitative estimate of drug-likeness (QED) is 0.287. The molecule has 0 spiro atoms. The van der Waals surface area contributed by atoms with Gasteiger partial charge in [-0.05, 0) is 71.8 Å². The van der Waals surface area contributed by atoms with Crippen molar-refractivity contribution in [1.29, 1.82) is 0 Å². The highest BCUT2D eigenvalue weighted by molar-refractivity contribution is 5.79. The standard InChI is InChI=1S/C30H34O5/c1-3-5-17-34-23-14-15-26-27(24-8-6-7-9-25(24)28(26)20-23)16-18-35-22-12-10-21(11-13-22)19-29(30(31)32)33-4-2/h6-15,20,27,29H,3-5,16-19H2,1-2H3,(H,31,32). The Labute approximate surface area is 207 Å². The van der Waals surface area contributed by atoms with Crippen LogP contribution in [0.5, 0.6) is 11.5 Å². The Kier molecular flexibility index (Phi) is 8.43. The van der Waals surface area contributed by atoms with Crippen LogP contribution >= 0.6 is 0 Å². The Morgan fingerprint density at radius 2 is 1.60 bits per heavy atom. The predicted molar refractivity (Wildman–Crippen MR) is 137 cm³/mol. The smallest absolute Gasteiger partial charge is 0.333 e. The molecule has 35 heavy (non-hydrogen) atoms. The van der Waals surface area contributed by atoms with Gasteiger partial charge in [0.25, 0.3) is 0 Å². The second kappa shape index (κ2) is 11.9. The average molecular weight is 475 g/mol. The normalized spacial score (nSPS) is 14.7. The van der Waals surface area contributed by atoms with Crippen LogP contribution in [0, 0.1) is 0 Å². The highest BCUT2D eigenvalue weighted by Crippen LogP contribution is 2.47. The van der Waals surface area contributed by atoms with Crippen molar-refractivity contribution in [2.24, 2.45) is 0 Å². The first-order valence-corrected chi connectivity index (χ1v) is 12.5. The number of ether oxygens (including phenoxy) is 3. The molecule has 2 atom stereocenters. The zero-order valence-corrected chi connectivity index (χ0v) is 20.5. The summed E-state index contributed by atoms with van der Waals surface area (Å²) >= 11 is 0. The molecule has 0 aromatic heterocycles. The molecule has 0 radical (unpaired) electrons. The number of unbranched alkanes of at least 4 members (excludes halogenated alkanes) is 1. The lowest BCUT2D eigenvalue weighted by Gasteiger charge is -2.15. The molecule has 2 unspecified atom stereocenters. The first kappa shape index (κ1) is 24.8. The van der Waals surface area contributed by atoms with Gasteiger partial charge in [0.05, 0.1) is 13.2 Å². The van der Waals surface area contributed by atoms with Crippen molar-refractivity contribution in [3.05, 3.63) is 83.4 Å². The van der Waals surface area contributed by atoms with Gasteiger partial charge in [0.2, 0.25) is 0 Å². The van der Waals surface area contributed by atoms with Crippen molar-refractivity contribution in [2.45, 2.75) is 51.6 Å². The van der Waals surface area contributed by atoms with E-state index in [1.54, 1.807) is 6.92 Å². The fraction of sp³-hybridized carbons (Fsp3) is 0.367. The second-order valence-electron chi connectivity index (χ2n) is 8.86. The number of fused-ring (bicyclic) bond motifs is 3. The molecule has 0 saturated carbocycles. The molecule has 3 aromatic rings. The lowest BCUT2D eigenvalue weighted by molar-refractivity contribution is -0.149. The van der Waals surface area contributed by atoms with Crippen LogP contribution in [0.2, 0.25) is 0 Å². The fourth-order valence-corrected chi connectivity index (χ4v) is 4.67. The Bertz CT molecular complexity index is 1120. The van der Waals surface area contributed by atoms with Gasteiger partial charge in [-0.15, -0.1) is 0 Å². The summed E-state index contributed by atoms with van der Waals surface area (Å²) in [7, 11) is 0. The number of hydrogen-bond donors (Lipinski definition) is 1. The Hall–Kier alpha value is -3.31. The summed E-state index contributed by atoms with van der Waals surface area (Å²) in [4.78, 5) is 11.3. The van der Waals surface area contributed by atoms with Crippen molar-refractivity contribution in [3.8, 4) is 22.6 Å². The molecule has 4 rings (SSSR count). The lowest BCUT2D eigenvalue weighted by atomic mass is 9.94. The molecule has 0 bridgehead atoms. The second-order valence-corrected chi connectivity index (χ2v) is 8.86. The number of benzene rings is 3. The molecule has 0 amide bonds. The number of rotatable bonds is 13. The summed E-state index contributed by atoms with van der Waals surface area (Å²) in [5, 5.41) is 9.29. The van der Waals surface area contributed by atoms with Crippen molar-refractivity contribution in [1.82, 2.24) is 0 Å². The lowest BCUT2D eigenvalue weighted by Crippen LogP contribution is -2.26. The largest absolute Gasteiger partial charge is 0.494 e. The minimum Gasteiger partial charge on any atom is -0.494 e. The summed E-state index contributed by atoms with van der Waals surface area (Å²) in [5.41, 5.74) is 6.10. The van der Waals surface area contributed by atoms with Gasteiger partial charge in [-0.3, -0.25) is 0 Å². The van der Waals surface area contributed by atoms with E-state index >= 15 is 0 Å². The van der Waals surface area contributed by atoms with Crippen LogP contribution in [0.25, 0.3) is 11.1 Å². The van der Waals surface area contributed by atoms with Crippen LogP contribution < -0.4 is 9.47 Å². The third-order valence-corrected chi connectivity index (χ3v) is 6.46. The van der Waals surface area contributed by atoms with Crippen LogP contribution in [-0.4, -0.2) is 37.0 Å². The zero-order valence-electron chi connectivity index (χ0n) is 20.5. The zero-order chi connectivity index (χ0) is 24.6. The number of hydrogen-bond acceptors (Lipinski definition) is 4. The van der Waals surface area contributed by atoms with Gasteiger partial charge in [0.15, 0.2) is 6.10 Å². The molecule has 5 nitrogen and oxygen atoms in total. The van der Waals surface area contributed by atoms with E-state index in [4.69, 9.17) is 14.2 Å². The van der Waals surface area contributed by atoms with Gasteiger partial charge in [-0.2, -0.15) is 0 Å². The Balaban J connectivity index is 1.39. The van der Waals surface area contributed by atoms with Gasteiger partial charge in [0, 0.05) is 18.9 Å². The third-order valence-electron chi connectivity index (χ3n) is 6.46. The first-order chi connectivity index (χ1) is 17.1. The summed E-state index contributed by atoms with van der Waals surface area (Å²) in [6, 6.07) is 22.7. The molecular weight excluding hydrogens is 440 g/mol. The van der Waals surface area contributed by atoms with E-state index in [2.05, 4.69) is 49.4 Å². The molecular formula is C30H34O5. The maximum Gasteiger partial charge on any atom is 0.333 e. The van der Waals surface area contributed by atoms with Gasteiger partial charge in [-0.25, -0.2) is 4.79 Å². The summed E-state index contributed by atoms with van der Waals surface area (Å²) in [6.07, 6.45) is 2.55. The maximum atomic E-state index is 11.3. The van der Waals surface area contributed by atoms with Gasteiger partial charge in [0.1, 0.15) is 11.5 Å². The van der Waals surface area contributed by atoms with Crippen LogP contribution in [0.4, 0.5) is 0 Å². The SMILES string of the molecule is CCCCOc1ccc2c(c1)-c1ccccc1C2CCOc1ccc(CC(OCC)C(=O)O)cc1. The van der Waals surface area contributed by atoms with Gasteiger partial charge in [-0.1, -0.05) is 55.8 Å². The molecule has 0 saturated heterocycles. The molecule has 0 heterocycles. The van der Waals surface area contributed by atoms with Crippen LogP contribution in [0.3, 0.4) is 0 Å². The predicted octanol–water partition coefficient (Wildman–Crippen LogP) is 6.48. The minimum absolute atomic E-state index is 0.285. The third kappa shape index (κ3) is 6.04. The van der Waals surface area contributed by atoms with E-state index in [1.807, 2.05) is 24.3 Å². The molecule has 1 N–H and O–H groups in total. The molecule has 3 aromatic carbocycles. The summed E-state index contributed by atoms with van der Waals surface area (Å²) in [5.74, 6) is 1.05. The van der Waals surface area contributed by atoms with Gasteiger partial charge >= 0.3 is 5.97 Å². The van der Waals surface area contributed by atoms with E-state index in [-0.39, 0.29) is 5.92 Å². The van der Waals surface area contributed by atoms with Crippen LogP contribution in [0.15, 0.2) is 66.7 Å². The van der Waals surface area contributed by atoms with Crippen molar-refractivity contribution in [2.75, 3.05) is 19.8 Å². The molecule has 0 aliphatic heterocycles. The highest BCUT2D eigenvalue weighted by atomic mass is 16.5. The number of carboxylic acid groups (broad SMARTS) is 1. The fourth-order valence-electron chi connectivity index (χ4n) is 4.67. The van der Waals surface area contributed by atoms with E-state index in [0.717, 1.165) is 42.9 Å². The van der Waals surface area contributed by atoms with E-state index in [1.165, 1.54) is 22.3 Å². The van der Waals surface area contributed by atoms with Gasteiger partial charge < -0.3 is 19.3 Å². The summed E-state index contributed by atoms with van der Waals surface area (Å²) < 4.78 is 17.3. The van der Waals surface area contributed by atoms with E-state index in [9.17, 15) is 9.90 Å². The van der Waals surface area contributed by atoms with Crippen molar-refractivity contribution in [3.63, 3.8) is 0 Å². The minimum atomic E-state index is -0.941. The monoisotopic (exact) mass is 474 g/mol. The highest BCUT2D eigenvalue weighted by Gasteiger charge is 2.28. The summed E-state index contributed by atoms with van der Waals surface area (Å²) in [6.45, 7) is 5.67. The molecule has 1 aliphatic carbocycles. The molecule has 184 valence electrons. The van der Waals surface area contributed by atoms with Crippen molar-refractivity contribution >= 4 is 5.97 Å². The average Bonchev–Trinajstić information content (AvgIpc) is 3.18. The Morgan fingerprint density at radius 3 is 2.34 bits per heavy atom. The number of carbonyl (C=O) groups is 1. The maximum absolute atomic E-state index is 11.3. The van der Waals surface area contributed by atoms with Crippen LogP contribution in [0.1, 0.15) is 55.7 Å².